The summed E-state index contributed by atoms with van der Waals surface area (Å²) < 4.78 is 0. The number of Topliss-reactive ketones (excluding diaryl/α,β-unsaturated/α-hetero) is 1. The van der Waals surface area contributed by atoms with Gasteiger partial charge in [0.2, 0.25) is 11.9 Å². The quantitative estimate of drug-likeness (QED) is 0.576. The molecule has 32 heavy (non-hydrogen) atoms. The van der Waals surface area contributed by atoms with Crippen molar-refractivity contribution in [1.82, 2.24) is 20.2 Å². The lowest BCUT2D eigenvalue weighted by Crippen LogP contribution is -2.53. The monoisotopic (exact) mass is 445 g/mol. The Morgan fingerprint density at radius 3 is 2.09 bits per heavy atom. The van der Waals surface area contributed by atoms with E-state index in [4.69, 9.17) is 9.97 Å². The Morgan fingerprint density at radius 2 is 1.59 bits per heavy atom. The highest BCUT2D eigenvalue weighted by molar-refractivity contribution is 6.04. The molecule has 2 fully saturated rings. The summed E-state index contributed by atoms with van der Waals surface area (Å²) in [4.78, 5) is 43.7. The summed E-state index contributed by atoms with van der Waals surface area (Å²) in [7, 11) is 0. The third-order valence-electron chi connectivity index (χ3n) is 6.57. The van der Waals surface area contributed by atoms with Crippen LogP contribution in [0, 0.1) is 0 Å². The predicted molar refractivity (Wildman–Crippen MR) is 129 cm³/mol. The molecule has 9 heteroatoms. The molecule has 1 amide bonds. The molecule has 0 aromatic carbocycles. The van der Waals surface area contributed by atoms with Gasteiger partial charge in [0.15, 0.2) is 5.78 Å². The second-order valence-corrected chi connectivity index (χ2v) is 8.41. The largest absolute Gasteiger partial charge is 0.356 e. The van der Waals surface area contributed by atoms with E-state index in [9.17, 15) is 9.59 Å². The summed E-state index contributed by atoms with van der Waals surface area (Å²) in [5.41, 5.74) is 0.585. The molecule has 1 atom stereocenters. The van der Waals surface area contributed by atoms with Crippen molar-refractivity contribution in [2.24, 2.45) is 0 Å². The summed E-state index contributed by atoms with van der Waals surface area (Å²) in [5.74, 6) is 2.24. The predicted octanol–water partition coefficient (Wildman–Crippen LogP) is 1.77. The minimum atomic E-state index is -0.0445. The molecule has 2 saturated heterocycles. The van der Waals surface area contributed by atoms with E-state index in [2.05, 4.69) is 47.7 Å². The fourth-order valence-electron chi connectivity index (χ4n) is 4.62. The minimum absolute atomic E-state index is 0.0262. The van der Waals surface area contributed by atoms with Gasteiger partial charge in [-0.25, -0.2) is 0 Å². The van der Waals surface area contributed by atoms with Crippen LogP contribution in [0.4, 0.5) is 17.6 Å². The van der Waals surface area contributed by atoms with Crippen LogP contribution >= 0.6 is 0 Å². The molecule has 2 aliphatic heterocycles. The van der Waals surface area contributed by atoms with E-state index in [1.165, 1.54) is 0 Å². The van der Waals surface area contributed by atoms with Gasteiger partial charge in [-0.15, -0.1) is 0 Å². The smallest absolute Gasteiger partial charge is 0.239 e. The van der Waals surface area contributed by atoms with E-state index in [0.29, 0.717) is 49.3 Å². The number of carbonyl (C=O) groups excluding carboxylic acids is 2. The number of rotatable bonds is 9. The summed E-state index contributed by atoms with van der Waals surface area (Å²) in [5, 5.41) is 3.31. The fourth-order valence-corrected chi connectivity index (χ4v) is 4.62. The van der Waals surface area contributed by atoms with Gasteiger partial charge in [0.05, 0.1) is 6.04 Å². The Labute approximate surface area is 192 Å². The molecule has 0 radical (unpaired) electrons. The first-order valence-electron chi connectivity index (χ1n) is 12.1. The molecule has 1 N–H and O–H groups in total. The van der Waals surface area contributed by atoms with Crippen LogP contribution < -0.4 is 20.0 Å². The van der Waals surface area contributed by atoms with Crippen molar-refractivity contribution in [2.75, 3.05) is 73.6 Å². The van der Waals surface area contributed by atoms with Gasteiger partial charge in [0, 0.05) is 52.4 Å². The van der Waals surface area contributed by atoms with Gasteiger partial charge in [-0.3, -0.25) is 9.59 Å². The number of hydrogen-bond acceptors (Lipinski definition) is 8. The molecule has 2 aliphatic rings. The molecule has 0 aliphatic carbocycles. The lowest BCUT2D eigenvalue weighted by molar-refractivity contribution is -0.133. The molecule has 3 rings (SSSR count). The molecule has 178 valence electrons. The minimum Gasteiger partial charge on any atom is -0.356 e. The van der Waals surface area contributed by atoms with Crippen molar-refractivity contribution >= 4 is 29.3 Å². The Bertz CT molecular complexity index is 794. The maximum absolute atomic E-state index is 12.8. The molecule has 0 bridgehead atoms. The summed E-state index contributed by atoms with van der Waals surface area (Å²) in [6.07, 6.45) is 1.97. The van der Waals surface area contributed by atoms with Gasteiger partial charge in [-0.1, -0.05) is 0 Å². The van der Waals surface area contributed by atoms with Crippen molar-refractivity contribution in [3.8, 4) is 0 Å². The van der Waals surface area contributed by atoms with Crippen LogP contribution in [0.15, 0.2) is 0 Å². The van der Waals surface area contributed by atoms with Crippen LogP contribution in [0.5, 0.6) is 0 Å². The number of anilines is 3. The second-order valence-electron chi connectivity index (χ2n) is 8.41. The highest BCUT2D eigenvalue weighted by Crippen LogP contribution is 2.31. The molecular formula is C23H39N7O2. The van der Waals surface area contributed by atoms with E-state index in [-0.39, 0.29) is 17.7 Å². The Kier molecular flexibility index (Phi) is 8.28. The first kappa shape index (κ1) is 24.2. The van der Waals surface area contributed by atoms with Crippen LogP contribution in [0.1, 0.15) is 57.8 Å². The van der Waals surface area contributed by atoms with E-state index in [1.807, 2.05) is 4.90 Å². The van der Waals surface area contributed by atoms with E-state index in [0.717, 1.165) is 45.6 Å². The van der Waals surface area contributed by atoms with E-state index < -0.39 is 0 Å². The second kappa shape index (κ2) is 10.9. The zero-order valence-electron chi connectivity index (χ0n) is 20.4. The van der Waals surface area contributed by atoms with Crippen LogP contribution in [0.3, 0.4) is 0 Å². The van der Waals surface area contributed by atoms with Crippen LogP contribution in [0.25, 0.3) is 0 Å². The molecule has 1 aromatic heterocycles. The molecular weight excluding hydrogens is 406 g/mol. The highest BCUT2D eigenvalue weighted by Gasteiger charge is 2.32. The standard InChI is InChI=1S/C23H39N7O2/c1-6-27(7-2)20-19(17(5)31)21(26-23(25-20)28(8-3)9-4)29-13-15-30(16-14-29)22(32)18-11-10-12-24-18/h18,24H,6-16H2,1-5H3. The number of aromatic nitrogens is 2. The van der Waals surface area contributed by atoms with Gasteiger partial charge in [0.1, 0.15) is 17.2 Å². The van der Waals surface area contributed by atoms with Crippen molar-refractivity contribution < 1.29 is 9.59 Å². The molecule has 3 heterocycles. The average molecular weight is 446 g/mol. The zero-order valence-corrected chi connectivity index (χ0v) is 20.4. The van der Waals surface area contributed by atoms with Gasteiger partial charge < -0.3 is 24.9 Å². The fraction of sp³-hybridized carbons (Fsp3) is 0.739. The number of nitrogens with zero attached hydrogens (tertiary/aromatic N) is 6. The summed E-state index contributed by atoms with van der Waals surface area (Å²) in [6, 6.07) is -0.0445. The zero-order chi connectivity index (χ0) is 23.3. The van der Waals surface area contributed by atoms with Gasteiger partial charge in [0.25, 0.3) is 0 Å². The maximum Gasteiger partial charge on any atom is 0.239 e. The lowest BCUT2D eigenvalue weighted by atomic mass is 10.1. The van der Waals surface area contributed by atoms with Crippen molar-refractivity contribution in [1.29, 1.82) is 0 Å². The Hall–Kier alpha value is -2.42. The summed E-state index contributed by atoms with van der Waals surface area (Å²) in [6.45, 7) is 16.6. The van der Waals surface area contributed by atoms with E-state index in [1.54, 1.807) is 6.92 Å². The lowest BCUT2D eigenvalue weighted by Gasteiger charge is -2.38. The van der Waals surface area contributed by atoms with Crippen LogP contribution in [-0.4, -0.2) is 91.5 Å². The van der Waals surface area contributed by atoms with Crippen molar-refractivity contribution in [3.63, 3.8) is 0 Å². The number of ketones is 1. The van der Waals surface area contributed by atoms with Crippen LogP contribution in [-0.2, 0) is 4.79 Å². The third-order valence-corrected chi connectivity index (χ3v) is 6.57. The third kappa shape index (κ3) is 4.98. The molecule has 1 unspecified atom stereocenters. The summed E-state index contributed by atoms with van der Waals surface area (Å²) >= 11 is 0. The van der Waals surface area contributed by atoms with Crippen LogP contribution in [0.2, 0.25) is 0 Å². The van der Waals surface area contributed by atoms with E-state index >= 15 is 0 Å². The number of nitrogens with one attached hydrogen (secondary N) is 1. The average Bonchev–Trinajstić information content (AvgIpc) is 3.35. The SMILES string of the molecule is CCN(CC)c1nc(N(CC)CC)c(C(C)=O)c(N2CCN(C(=O)C3CCCN3)CC2)n1. The van der Waals surface area contributed by atoms with Gasteiger partial charge >= 0.3 is 0 Å². The molecule has 9 nitrogen and oxygen atoms in total. The number of amides is 1. The first-order valence-corrected chi connectivity index (χ1v) is 12.1. The number of hydrogen-bond donors (Lipinski definition) is 1. The Balaban J connectivity index is 1.93. The Morgan fingerprint density at radius 1 is 0.969 bits per heavy atom. The van der Waals surface area contributed by atoms with Gasteiger partial charge in [-0.2, -0.15) is 9.97 Å². The van der Waals surface area contributed by atoms with Crippen molar-refractivity contribution in [3.05, 3.63) is 5.56 Å². The molecule has 0 saturated carbocycles. The van der Waals surface area contributed by atoms with Crippen molar-refractivity contribution in [2.45, 2.75) is 53.5 Å². The maximum atomic E-state index is 12.8. The number of piperazine rings is 1. The van der Waals surface area contributed by atoms with Gasteiger partial charge in [-0.05, 0) is 54.0 Å². The topological polar surface area (TPSA) is 84.9 Å². The highest BCUT2D eigenvalue weighted by atomic mass is 16.2. The molecule has 1 aromatic rings. The first-order chi connectivity index (χ1) is 15.4. The molecule has 0 spiro atoms. The normalized spacial score (nSPS) is 18.7. The number of carbonyl (C=O) groups is 2.